The molecule has 0 atom stereocenters. The molecular formula is C13H10ClN3O. The van der Waals surface area contributed by atoms with Crippen molar-refractivity contribution in [1.82, 2.24) is 4.98 Å². The van der Waals surface area contributed by atoms with Gasteiger partial charge in [0.1, 0.15) is 11.8 Å². The summed E-state index contributed by atoms with van der Waals surface area (Å²) < 4.78 is 5.51. The fourth-order valence-corrected chi connectivity index (χ4v) is 1.67. The highest BCUT2D eigenvalue weighted by atomic mass is 35.5. The van der Waals surface area contributed by atoms with Crippen LogP contribution >= 0.6 is 11.6 Å². The van der Waals surface area contributed by atoms with Gasteiger partial charge in [-0.25, -0.2) is 4.98 Å². The second-order valence-electron chi connectivity index (χ2n) is 3.74. The maximum atomic E-state index is 8.83. The van der Waals surface area contributed by atoms with Gasteiger partial charge in [0, 0.05) is 6.07 Å². The van der Waals surface area contributed by atoms with Gasteiger partial charge in [-0.15, -0.1) is 0 Å². The van der Waals surface area contributed by atoms with E-state index in [1.54, 1.807) is 24.3 Å². The number of hydrogen-bond donors (Lipinski definition) is 1. The number of rotatable bonds is 2. The van der Waals surface area contributed by atoms with Gasteiger partial charge in [-0.3, -0.25) is 0 Å². The number of nitrogen functional groups attached to an aromatic ring is 1. The van der Waals surface area contributed by atoms with Crippen molar-refractivity contribution < 1.29 is 4.74 Å². The second-order valence-corrected chi connectivity index (χ2v) is 4.14. The predicted molar refractivity (Wildman–Crippen MR) is 69.6 cm³/mol. The van der Waals surface area contributed by atoms with Gasteiger partial charge in [-0.2, -0.15) is 5.26 Å². The zero-order valence-corrected chi connectivity index (χ0v) is 10.4. The minimum Gasteiger partial charge on any atom is -0.437 e. The fraction of sp³-hybridized carbons (Fsp3) is 0.0769. The quantitative estimate of drug-likeness (QED) is 0.898. The number of hydrogen-bond acceptors (Lipinski definition) is 4. The van der Waals surface area contributed by atoms with E-state index >= 15 is 0 Å². The van der Waals surface area contributed by atoms with Crippen LogP contribution in [-0.4, -0.2) is 4.98 Å². The Bertz CT molecular complexity index is 635. The predicted octanol–water partition coefficient (Wildman–Crippen LogP) is 3.29. The molecule has 1 aromatic heterocycles. The van der Waals surface area contributed by atoms with E-state index in [4.69, 9.17) is 27.3 Å². The van der Waals surface area contributed by atoms with Crippen LogP contribution < -0.4 is 10.5 Å². The topological polar surface area (TPSA) is 71.9 Å². The molecule has 2 N–H and O–H groups in total. The highest BCUT2D eigenvalue weighted by Crippen LogP contribution is 2.29. The molecule has 1 aromatic carbocycles. The summed E-state index contributed by atoms with van der Waals surface area (Å²) in [5.74, 6) is 0.773. The maximum Gasteiger partial charge on any atom is 0.220 e. The Morgan fingerprint density at radius 1 is 1.33 bits per heavy atom. The number of nitriles is 1. The summed E-state index contributed by atoms with van der Waals surface area (Å²) >= 11 is 6.04. The van der Waals surface area contributed by atoms with Gasteiger partial charge >= 0.3 is 0 Å². The van der Waals surface area contributed by atoms with Crippen LogP contribution in [0.3, 0.4) is 0 Å². The molecule has 0 saturated heterocycles. The van der Waals surface area contributed by atoms with Crippen molar-refractivity contribution in [3.05, 3.63) is 46.6 Å². The van der Waals surface area contributed by atoms with Crippen LogP contribution in [0.4, 0.5) is 5.69 Å². The Balaban J connectivity index is 2.32. The minimum absolute atomic E-state index is 0.135. The number of benzene rings is 1. The first kappa shape index (κ1) is 12.2. The standard InChI is InChI=1S/C13H10ClN3O/c1-8-2-4-12(9(14)6-8)18-13-5-3-10(16)11(7-15)17-13/h2-6H,16H2,1H3. The van der Waals surface area contributed by atoms with Gasteiger partial charge in [0.25, 0.3) is 0 Å². The summed E-state index contributed by atoms with van der Waals surface area (Å²) in [6, 6.07) is 10.5. The summed E-state index contributed by atoms with van der Waals surface area (Å²) in [4.78, 5) is 3.98. The van der Waals surface area contributed by atoms with Crippen molar-refractivity contribution in [3.63, 3.8) is 0 Å². The van der Waals surface area contributed by atoms with Crippen LogP contribution in [0.1, 0.15) is 11.3 Å². The summed E-state index contributed by atoms with van der Waals surface area (Å²) in [5.41, 5.74) is 7.07. The van der Waals surface area contributed by atoms with E-state index in [0.717, 1.165) is 5.56 Å². The fourth-order valence-electron chi connectivity index (χ4n) is 1.40. The highest BCUT2D eigenvalue weighted by Gasteiger charge is 2.07. The molecule has 0 spiro atoms. The second kappa shape index (κ2) is 4.94. The number of aryl methyl sites for hydroxylation is 1. The third kappa shape index (κ3) is 2.53. The van der Waals surface area contributed by atoms with E-state index in [1.807, 2.05) is 19.1 Å². The maximum absolute atomic E-state index is 8.83. The Labute approximate surface area is 110 Å². The summed E-state index contributed by atoms with van der Waals surface area (Å²) in [7, 11) is 0. The van der Waals surface area contributed by atoms with Gasteiger partial charge < -0.3 is 10.5 Å². The molecule has 0 radical (unpaired) electrons. The molecule has 0 bridgehead atoms. The molecule has 0 unspecified atom stereocenters. The van der Waals surface area contributed by atoms with Crippen LogP contribution in [-0.2, 0) is 0 Å². The van der Waals surface area contributed by atoms with Crippen molar-refractivity contribution in [2.75, 3.05) is 5.73 Å². The molecule has 90 valence electrons. The van der Waals surface area contributed by atoms with Crippen molar-refractivity contribution in [2.24, 2.45) is 0 Å². The smallest absolute Gasteiger partial charge is 0.220 e. The normalized spacial score (nSPS) is 9.83. The lowest BCUT2D eigenvalue weighted by Crippen LogP contribution is -1.96. The van der Waals surface area contributed by atoms with E-state index < -0.39 is 0 Å². The van der Waals surface area contributed by atoms with Gasteiger partial charge in [0.05, 0.1) is 10.7 Å². The van der Waals surface area contributed by atoms with Crippen LogP contribution in [0.5, 0.6) is 11.6 Å². The average molecular weight is 260 g/mol. The van der Waals surface area contributed by atoms with E-state index in [2.05, 4.69) is 4.98 Å². The molecule has 0 saturated carbocycles. The lowest BCUT2D eigenvalue weighted by atomic mass is 10.2. The summed E-state index contributed by atoms with van der Waals surface area (Å²) in [6.07, 6.45) is 0. The van der Waals surface area contributed by atoms with E-state index in [9.17, 15) is 0 Å². The monoisotopic (exact) mass is 259 g/mol. The molecule has 0 fully saturated rings. The number of anilines is 1. The van der Waals surface area contributed by atoms with E-state index in [-0.39, 0.29) is 11.6 Å². The van der Waals surface area contributed by atoms with Gasteiger partial charge in [0.2, 0.25) is 5.88 Å². The largest absolute Gasteiger partial charge is 0.437 e. The van der Waals surface area contributed by atoms with Gasteiger partial charge in [-0.05, 0) is 30.7 Å². The average Bonchev–Trinajstić information content (AvgIpc) is 2.35. The first-order chi connectivity index (χ1) is 8.60. The Hall–Kier alpha value is -2.25. The van der Waals surface area contributed by atoms with E-state index in [0.29, 0.717) is 16.5 Å². The van der Waals surface area contributed by atoms with Crippen molar-refractivity contribution >= 4 is 17.3 Å². The lowest BCUT2D eigenvalue weighted by molar-refractivity contribution is 0.463. The molecule has 2 rings (SSSR count). The zero-order chi connectivity index (χ0) is 13.1. The summed E-state index contributed by atoms with van der Waals surface area (Å²) in [6.45, 7) is 1.94. The first-order valence-electron chi connectivity index (χ1n) is 5.21. The Morgan fingerprint density at radius 2 is 2.11 bits per heavy atom. The zero-order valence-electron chi connectivity index (χ0n) is 9.64. The van der Waals surface area contributed by atoms with Crippen LogP contribution in [0.2, 0.25) is 5.02 Å². The van der Waals surface area contributed by atoms with Gasteiger partial charge in [0.15, 0.2) is 5.69 Å². The summed E-state index contributed by atoms with van der Waals surface area (Å²) in [5, 5.41) is 9.32. The number of halogens is 1. The number of aromatic nitrogens is 1. The molecule has 2 aromatic rings. The molecule has 0 aliphatic heterocycles. The Morgan fingerprint density at radius 3 is 2.78 bits per heavy atom. The van der Waals surface area contributed by atoms with E-state index in [1.165, 1.54) is 0 Å². The molecule has 0 aliphatic rings. The minimum atomic E-state index is 0.135. The van der Waals surface area contributed by atoms with Crippen molar-refractivity contribution in [2.45, 2.75) is 6.92 Å². The van der Waals surface area contributed by atoms with Crippen LogP contribution in [0.25, 0.3) is 0 Å². The highest BCUT2D eigenvalue weighted by molar-refractivity contribution is 6.32. The molecule has 1 heterocycles. The van der Waals surface area contributed by atoms with Crippen molar-refractivity contribution in [1.29, 1.82) is 5.26 Å². The van der Waals surface area contributed by atoms with Crippen molar-refractivity contribution in [3.8, 4) is 17.7 Å². The SMILES string of the molecule is Cc1ccc(Oc2ccc(N)c(C#N)n2)c(Cl)c1. The number of nitrogens with zero attached hydrogens (tertiary/aromatic N) is 2. The molecule has 0 aliphatic carbocycles. The molecule has 18 heavy (non-hydrogen) atoms. The molecule has 5 heteroatoms. The molecule has 4 nitrogen and oxygen atoms in total. The number of nitrogens with two attached hydrogens (primary N) is 1. The first-order valence-corrected chi connectivity index (χ1v) is 5.58. The molecule has 0 amide bonds. The van der Waals surface area contributed by atoms with Gasteiger partial charge in [-0.1, -0.05) is 17.7 Å². The number of ether oxygens (including phenoxy) is 1. The van der Waals surface area contributed by atoms with Crippen LogP contribution in [0, 0.1) is 18.3 Å². The third-order valence-corrected chi connectivity index (χ3v) is 2.60. The lowest BCUT2D eigenvalue weighted by Gasteiger charge is -2.07. The number of pyridine rings is 1. The Kier molecular flexibility index (Phi) is 3.35. The van der Waals surface area contributed by atoms with Crippen LogP contribution in [0.15, 0.2) is 30.3 Å². The third-order valence-electron chi connectivity index (χ3n) is 2.31. The molecular weight excluding hydrogens is 250 g/mol.